The summed E-state index contributed by atoms with van der Waals surface area (Å²) in [6, 6.07) is -0.317. The average molecular weight is 328 g/mol. The molecule has 1 unspecified atom stereocenters. The number of hydrogen-bond donors (Lipinski definition) is 2. The largest absolute Gasteiger partial charge is 0.325 e. The van der Waals surface area contributed by atoms with Crippen molar-refractivity contribution in [3.8, 4) is 0 Å². The van der Waals surface area contributed by atoms with E-state index in [1.54, 1.807) is 0 Å². The Labute approximate surface area is 130 Å². The molecule has 0 aliphatic carbocycles. The molecule has 1 atom stereocenters. The molecule has 1 saturated heterocycles. The second-order valence-electron chi connectivity index (χ2n) is 6.00. The molecule has 7 nitrogen and oxygen atoms in total. The Morgan fingerprint density at radius 3 is 2.70 bits per heavy atom. The number of aromatic amines is 2. The van der Waals surface area contributed by atoms with E-state index in [1.807, 2.05) is 0 Å². The van der Waals surface area contributed by atoms with Crippen LogP contribution in [0.4, 0.5) is 13.6 Å². The summed E-state index contributed by atoms with van der Waals surface area (Å²) in [7, 11) is 0. The summed E-state index contributed by atoms with van der Waals surface area (Å²) in [5.41, 5.74) is -0.163. The van der Waals surface area contributed by atoms with E-state index >= 15 is 0 Å². The minimum atomic E-state index is -2.43. The molecule has 3 rings (SSSR count). The maximum Gasteiger partial charge on any atom is 0.325 e. The van der Waals surface area contributed by atoms with E-state index < -0.39 is 23.6 Å². The highest BCUT2D eigenvalue weighted by molar-refractivity contribution is 5.74. The normalized spacial score (nSPS) is 21.4. The fourth-order valence-corrected chi connectivity index (χ4v) is 3.23. The van der Waals surface area contributed by atoms with Gasteiger partial charge < -0.3 is 14.8 Å². The Bertz CT molecular complexity index is 715. The standard InChI is InChI=1S/C14H18F2N4O3/c15-11(16)8-2-1-4-19(6-8)14(23)20-5-3-9-10(7-20)17-13(22)18-12(9)21/h8,11H,1-7H2,(H2,17,18,21,22). The summed E-state index contributed by atoms with van der Waals surface area (Å²) in [6.07, 6.45) is -1.11. The molecule has 0 bridgehead atoms. The van der Waals surface area contributed by atoms with Crippen LogP contribution in [0.3, 0.4) is 0 Å². The number of urea groups is 1. The molecule has 2 N–H and O–H groups in total. The van der Waals surface area contributed by atoms with E-state index in [0.29, 0.717) is 43.6 Å². The number of alkyl halides is 2. The van der Waals surface area contributed by atoms with E-state index in [-0.39, 0.29) is 19.1 Å². The molecule has 2 aliphatic heterocycles. The quantitative estimate of drug-likeness (QED) is 0.787. The molecule has 1 aromatic rings. The maximum absolute atomic E-state index is 12.9. The van der Waals surface area contributed by atoms with Crippen LogP contribution in [0.2, 0.25) is 0 Å². The molecule has 2 amide bonds. The van der Waals surface area contributed by atoms with Crippen LogP contribution < -0.4 is 11.2 Å². The molecule has 23 heavy (non-hydrogen) atoms. The zero-order valence-electron chi connectivity index (χ0n) is 12.5. The highest BCUT2D eigenvalue weighted by Crippen LogP contribution is 2.24. The van der Waals surface area contributed by atoms with E-state index in [1.165, 1.54) is 9.80 Å². The van der Waals surface area contributed by atoms with Gasteiger partial charge in [-0.25, -0.2) is 18.4 Å². The molecule has 1 aromatic heterocycles. The smallest absolute Gasteiger partial charge is 0.324 e. The van der Waals surface area contributed by atoms with Crippen molar-refractivity contribution in [2.24, 2.45) is 5.92 Å². The van der Waals surface area contributed by atoms with Gasteiger partial charge in [0.05, 0.1) is 6.54 Å². The van der Waals surface area contributed by atoms with Gasteiger partial charge in [0.15, 0.2) is 0 Å². The Morgan fingerprint density at radius 1 is 1.17 bits per heavy atom. The fourth-order valence-electron chi connectivity index (χ4n) is 3.23. The van der Waals surface area contributed by atoms with Crippen LogP contribution in [-0.2, 0) is 13.0 Å². The van der Waals surface area contributed by atoms with E-state index in [2.05, 4.69) is 9.97 Å². The van der Waals surface area contributed by atoms with Crippen LogP contribution in [0.1, 0.15) is 24.1 Å². The molecule has 1 fully saturated rings. The number of rotatable bonds is 1. The molecule has 0 saturated carbocycles. The number of aromatic nitrogens is 2. The Kier molecular flexibility index (Phi) is 4.18. The molecular formula is C14H18F2N4O3. The molecule has 0 aromatic carbocycles. The van der Waals surface area contributed by atoms with Crippen molar-refractivity contribution in [1.29, 1.82) is 0 Å². The van der Waals surface area contributed by atoms with Gasteiger partial charge in [-0.3, -0.25) is 9.78 Å². The number of carbonyl (C=O) groups is 1. The summed E-state index contributed by atoms with van der Waals surface area (Å²) >= 11 is 0. The molecule has 126 valence electrons. The molecule has 9 heteroatoms. The summed E-state index contributed by atoms with van der Waals surface area (Å²) in [6.45, 7) is 0.947. The first kappa shape index (κ1) is 15.7. The predicted molar refractivity (Wildman–Crippen MR) is 77.5 cm³/mol. The van der Waals surface area contributed by atoms with Gasteiger partial charge in [-0.15, -0.1) is 0 Å². The van der Waals surface area contributed by atoms with Crippen LogP contribution in [0.5, 0.6) is 0 Å². The molecule has 2 aliphatic rings. The number of carbonyl (C=O) groups excluding carboxylic acids is 1. The molecule has 0 spiro atoms. The SMILES string of the molecule is O=C(N1CCc2c([nH]c(=O)[nH]c2=O)C1)N1CCCC(C(F)F)C1. The third-order valence-corrected chi connectivity index (χ3v) is 4.47. The van der Waals surface area contributed by atoms with Crippen LogP contribution in [0, 0.1) is 5.92 Å². The average Bonchev–Trinajstić information content (AvgIpc) is 2.53. The first-order valence-corrected chi connectivity index (χ1v) is 7.62. The third kappa shape index (κ3) is 3.13. The second kappa shape index (κ2) is 6.13. The highest BCUT2D eigenvalue weighted by Gasteiger charge is 2.33. The number of halogens is 2. The molecule has 0 radical (unpaired) electrons. The number of piperidine rings is 1. The lowest BCUT2D eigenvalue weighted by Crippen LogP contribution is -2.50. The Balaban J connectivity index is 1.74. The molecule has 3 heterocycles. The van der Waals surface area contributed by atoms with Gasteiger partial charge in [-0.05, 0) is 19.3 Å². The van der Waals surface area contributed by atoms with Crippen LogP contribution >= 0.6 is 0 Å². The number of amides is 2. The minimum Gasteiger partial charge on any atom is -0.324 e. The first-order valence-electron chi connectivity index (χ1n) is 7.62. The monoisotopic (exact) mass is 328 g/mol. The van der Waals surface area contributed by atoms with Crippen LogP contribution in [0.15, 0.2) is 9.59 Å². The van der Waals surface area contributed by atoms with E-state index in [9.17, 15) is 23.2 Å². The number of nitrogens with one attached hydrogen (secondary N) is 2. The van der Waals surface area contributed by atoms with Crippen molar-refractivity contribution in [2.75, 3.05) is 19.6 Å². The zero-order valence-corrected chi connectivity index (χ0v) is 12.5. The number of nitrogens with zero attached hydrogens (tertiary/aromatic N) is 2. The lowest BCUT2D eigenvalue weighted by molar-refractivity contribution is 0.0315. The van der Waals surface area contributed by atoms with Gasteiger partial charge in [-0.1, -0.05) is 0 Å². The Morgan fingerprint density at radius 2 is 1.96 bits per heavy atom. The van der Waals surface area contributed by atoms with Crippen molar-refractivity contribution in [2.45, 2.75) is 32.2 Å². The molecular weight excluding hydrogens is 310 g/mol. The van der Waals surface area contributed by atoms with Gasteiger partial charge in [0.2, 0.25) is 6.43 Å². The topological polar surface area (TPSA) is 89.3 Å². The van der Waals surface area contributed by atoms with E-state index in [0.717, 1.165) is 0 Å². The number of hydrogen-bond acceptors (Lipinski definition) is 3. The lowest BCUT2D eigenvalue weighted by Gasteiger charge is -2.37. The van der Waals surface area contributed by atoms with Gasteiger partial charge in [0, 0.05) is 36.8 Å². The predicted octanol–water partition coefficient (Wildman–Crippen LogP) is 0.518. The van der Waals surface area contributed by atoms with Gasteiger partial charge in [0.25, 0.3) is 5.56 Å². The van der Waals surface area contributed by atoms with Crippen molar-refractivity contribution in [3.05, 3.63) is 32.1 Å². The van der Waals surface area contributed by atoms with Crippen molar-refractivity contribution >= 4 is 6.03 Å². The highest BCUT2D eigenvalue weighted by atomic mass is 19.3. The van der Waals surface area contributed by atoms with Crippen molar-refractivity contribution in [3.63, 3.8) is 0 Å². The second-order valence-corrected chi connectivity index (χ2v) is 6.00. The summed E-state index contributed by atoms with van der Waals surface area (Å²) in [5, 5.41) is 0. The summed E-state index contributed by atoms with van der Waals surface area (Å²) < 4.78 is 25.7. The number of H-pyrrole nitrogens is 2. The minimum absolute atomic E-state index is 0.0474. The summed E-state index contributed by atoms with van der Waals surface area (Å²) in [4.78, 5) is 43.2. The maximum atomic E-state index is 12.9. The fraction of sp³-hybridized carbons (Fsp3) is 0.643. The summed E-state index contributed by atoms with van der Waals surface area (Å²) in [5.74, 6) is -0.785. The Hall–Kier alpha value is -2.19. The zero-order chi connectivity index (χ0) is 16.6. The van der Waals surface area contributed by atoms with Gasteiger partial charge >= 0.3 is 11.7 Å². The van der Waals surface area contributed by atoms with E-state index in [4.69, 9.17) is 0 Å². The van der Waals surface area contributed by atoms with Crippen LogP contribution in [-0.4, -0.2) is 51.9 Å². The lowest BCUT2D eigenvalue weighted by atomic mass is 9.99. The van der Waals surface area contributed by atoms with Crippen LogP contribution in [0.25, 0.3) is 0 Å². The van der Waals surface area contributed by atoms with Crippen molar-refractivity contribution in [1.82, 2.24) is 19.8 Å². The van der Waals surface area contributed by atoms with Gasteiger partial charge in [-0.2, -0.15) is 0 Å². The number of fused-ring (bicyclic) bond motifs is 1. The van der Waals surface area contributed by atoms with Crippen molar-refractivity contribution < 1.29 is 13.6 Å². The third-order valence-electron chi connectivity index (χ3n) is 4.47. The number of likely N-dealkylation sites (tertiary alicyclic amines) is 1. The van der Waals surface area contributed by atoms with Gasteiger partial charge in [0.1, 0.15) is 0 Å². The first-order chi connectivity index (χ1) is 11.0.